The van der Waals surface area contributed by atoms with Crippen molar-refractivity contribution in [3.63, 3.8) is 0 Å². The van der Waals surface area contributed by atoms with E-state index in [0.29, 0.717) is 24.6 Å². The van der Waals surface area contributed by atoms with E-state index in [-0.39, 0.29) is 5.92 Å². The van der Waals surface area contributed by atoms with E-state index in [1.165, 1.54) is 0 Å². The zero-order valence-electron chi connectivity index (χ0n) is 12.8. The number of benzene rings is 2. The molecule has 0 saturated carbocycles. The SMILES string of the molecule is C/C(=N\O)C1=NOCC1c1ccc(OCc2ccccc2)cc1. The maximum absolute atomic E-state index is 8.91. The monoisotopic (exact) mass is 310 g/mol. The third-order valence-electron chi connectivity index (χ3n) is 3.79. The van der Waals surface area contributed by atoms with Crippen LogP contribution in [0.4, 0.5) is 0 Å². The summed E-state index contributed by atoms with van der Waals surface area (Å²) in [5.74, 6) is 0.789. The Labute approximate surface area is 134 Å². The number of ether oxygens (including phenoxy) is 1. The van der Waals surface area contributed by atoms with Gasteiger partial charge in [-0.3, -0.25) is 0 Å². The first-order chi connectivity index (χ1) is 11.3. The molecular weight excluding hydrogens is 292 g/mol. The van der Waals surface area contributed by atoms with E-state index in [9.17, 15) is 0 Å². The molecule has 0 aromatic heterocycles. The fourth-order valence-corrected chi connectivity index (χ4v) is 2.48. The molecule has 0 amide bonds. The standard InChI is InChI=1S/C18H18N2O3/c1-13(19-21)18-17(12-23-20-18)15-7-9-16(10-8-15)22-11-14-5-3-2-4-6-14/h2-10,17,21H,11-12H2,1H3/b19-13+. The molecule has 118 valence electrons. The van der Waals surface area contributed by atoms with Crippen molar-refractivity contribution in [2.75, 3.05) is 6.61 Å². The van der Waals surface area contributed by atoms with E-state index < -0.39 is 0 Å². The van der Waals surface area contributed by atoms with Crippen LogP contribution in [-0.2, 0) is 11.4 Å². The highest BCUT2D eigenvalue weighted by atomic mass is 16.6. The topological polar surface area (TPSA) is 63.4 Å². The van der Waals surface area contributed by atoms with Gasteiger partial charge in [0.2, 0.25) is 0 Å². The third kappa shape index (κ3) is 3.51. The van der Waals surface area contributed by atoms with Crippen LogP contribution in [-0.4, -0.2) is 23.2 Å². The summed E-state index contributed by atoms with van der Waals surface area (Å²) in [4.78, 5) is 5.15. The number of hydrogen-bond donors (Lipinski definition) is 1. The Morgan fingerprint density at radius 3 is 2.65 bits per heavy atom. The first-order valence-electron chi connectivity index (χ1n) is 7.43. The number of oxime groups is 2. The second kappa shape index (κ2) is 6.96. The second-order valence-corrected chi connectivity index (χ2v) is 5.35. The highest BCUT2D eigenvalue weighted by Crippen LogP contribution is 2.26. The maximum atomic E-state index is 8.91. The molecular formula is C18H18N2O3. The van der Waals surface area contributed by atoms with Crippen LogP contribution in [0.3, 0.4) is 0 Å². The van der Waals surface area contributed by atoms with Crippen molar-refractivity contribution >= 4 is 11.4 Å². The molecule has 23 heavy (non-hydrogen) atoms. The van der Waals surface area contributed by atoms with Gasteiger partial charge in [-0.15, -0.1) is 0 Å². The highest BCUT2D eigenvalue weighted by molar-refractivity contribution is 6.43. The van der Waals surface area contributed by atoms with E-state index in [2.05, 4.69) is 10.3 Å². The molecule has 1 heterocycles. The molecule has 0 saturated heterocycles. The summed E-state index contributed by atoms with van der Waals surface area (Å²) in [6.07, 6.45) is 0. The largest absolute Gasteiger partial charge is 0.489 e. The molecule has 1 atom stereocenters. The maximum Gasteiger partial charge on any atom is 0.129 e. The lowest BCUT2D eigenvalue weighted by Crippen LogP contribution is -2.18. The lowest BCUT2D eigenvalue weighted by Gasteiger charge is -2.11. The van der Waals surface area contributed by atoms with Crippen LogP contribution in [0.25, 0.3) is 0 Å². The summed E-state index contributed by atoms with van der Waals surface area (Å²) in [5, 5.41) is 16.1. The van der Waals surface area contributed by atoms with Gasteiger partial charge >= 0.3 is 0 Å². The lowest BCUT2D eigenvalue weighted by atomic mass is 9.93. The normalized spacial score (nSPS) is 17.5. The molecule has 3 rings (SSSR count). The predicted molar refractivity (Wildman–Crippen MR) is 88.2 cm³/mol. The van der Waals surface area contributed by atoms with Crippen molar-refractivity contribution in [2.45, 2.75) is 19.4 Å². The van der Waals surface area contributed by atoms with Crippen LogP contribution >= 0.6 is 0 Å². The average Bonchev–Trinajstić information content (AvgIpc) is 3.10. The molecule has 1 aliphatic rings. The molecule has 1 aliphatic heterocycles. The Kier molecular flexibility index (Phi) is 4.57. The molecule has 2 aromatic carbocycles. The second-order valence-electron chi connectivity index (χ2n) is 5.35. The van der Waals surface area contributed by atoms with E-state index in [0.717, 1.165) is 16.9 Å². The van der Waals surface area contributed by atoms with Crippen LogP contribution in [0.1, 0.15) is 24.0 Å². The van der Waals surface area contributed by atoms with Crippen LogP contribution < -0.4 is 4.74 Å². The Morgan fingerprint density at radius 2 is 1.96 bits per heavy atom. The van der Waals surface area contributed by atoms with Crippen molar-refractivity contribution in [1.29, 1.82) is 0 Å². The van der Waals surface area contributed by atoms with Gasteiger partial charge in [0.15, 0.2) is 0 Å². The Bertz CT molecular complexity index is 709. The smallest absolute Gasteiger partial charge is 0.129 e. The molecule has 2 aromatic rings. The van der Waals surface area contributed by atoms with Crippen molar-refractivity contribution in [3.8, 4) is 5.75 Å². The summed E-state index contributed by atoms with van der Waals surface area (Å²) >= 11 is 0. The van der Waals surface area contributed by atoms with Gasteiger partial charge in [-0.1, -0.05) is 52.8 Å². The lowest BCUT2D eigenvalue weighted by molar-refractivity contribution is 0.166. The molecule has 1 N–H and O–H groups in total. The van der Waals surface area contributed by atoms with Gasteiger partial charge in [0.25, 0.3) is 0 Å². The quantitative estimate of drug-likeness (QED) is 0.521. The predicted octanol–water partition coefficient (Wildman–Crippen LogP) is 3.59. The van der Waals surface area contributed by atoms with Gasteiger partial charge in [-0.25, -0.2) is 0 Å². The molecule has 5 nitrogen and oxygen atoms in total. The fourth-order valence-electron chi connectivity index (χ4n) is 2.48. The van der Waals surface area contributed by atoms with Gasteiger partial charge in [0.05, 0.1) is 5.92 Å². The summed E-state index contributed by atoms with van der Waals surface area (Å²) in [5.41, 5.74) is 3.31. The van der Waals surface area contributed by atoms with Gasteiger partial charge in [-0.2, -0.15) is 0 Å². The van der Waals surface area contributed by atoms with Crippen LogP contribution in [0.2, 0.25) is 0 Å². The number of rotatable bonds is 5. The van der Waals surface area contributed by atoms with E-state index in [4.69, 9.17) is 14.8 Å². The van der Waals surface area contributed by atoms with Gasteiger partial charge in [0.1, 0.15) is 30.4 Å². The molecule has 0 aliphatic carbocycles. The van der Waals surface area contributed by atoms with Crippen LogP contribution in [0.15, 0.2) is 64.9 Å². The number of nitrogens with zero attached hydrogens (tertiary/aromatic N) is 2. The van der Waals surface area contributed by atoms with Crippen molar-refractivity contribution in [3.05, 3.63) is 65.7 Å². The Balaban J connectivity index is 1.67. The first kappa shape index (κ1) is 15.1. The van der Waals surface area contributed by atoms with Gasteiger partial charge < -0.3 is 14.8 Å². The summed E-state index contributed by atoms with van der Waals surface area (Å²) in [6, 6.07) is 17.9. The molecule has 0 spiro atoms. The Hall–Kier alpha value is -2.82. The van der Waals surface area contributed by atoms with Crippen molar-refractivity contribution in [1.82, 2.24) is 0 Å². The Morgan fingerprint density at radius 1 is 1.22 bits per heavy atom. The summed E-state index contributed by atoms with van der Waals surface area (Å²) < 4.78 is 5.78. The minimum Gasteiger partial charge on any atom is -0.489 e. The molecule has 0 bridgehead atoms. The summed E-state index contributed by atoms with van der Waals surface area (Å²) in [6.45, 7) is 2.69. The fraction of sp³-hybridized carbons (Fsp3) is 0.222. The zero-order valence-corrected chi connectivity index (χ0v) is 12.8. The average molecular weight is 310 g/mol. The molecule has 0 fully saturated rings. The zero-order chi connectivity index (χ0) is 16.1. The van der Waals surface area contributed by atoms with E-state index in [1.54, 1.807) is 6.92 Å². The minimum atomic E-state index is -0.0194. The van der Waals surface area contributed by atoms with Crippen LogP contribution in [0.5, 0.6) is 5.75 Å². The van der Waals surface area contributed by atoms with Crippen molar-refractivity contribution < 1.29 is 14.8 Å². The molecule has 1 unspecified atom stereocenters. The van der Waals surface area contributed by atoms with Gasteiger partial charge in [0, 0.05) is 0 Å². The third-order valence-corrected chi connectivity index (χ3v) is 3.79. The van der Waals surface area contributed by atoms with E-state index >= 15 is 0 Å². The van der Waals surface area contributed by atoms with Crippen molar-refractivity contribution in [2.24, 2.45) is 10.3 Å². The molecule has 5 heteroatoms. The van der Waals surface area contributed by atoms with Crippen LogP contribution in [0, 0.1) is 0 Å². The number of hydrogen-bond acceptors (Lipinski definition) is 5. The van der Waals surface area contributed by atoms with E-state index in [1.807, 2.05) is 54.6 Å². The minimum absolute atomic E-state index is 0.0194. The van der Waals surface area contributed by atoms with Gasteiger partial charge in [-0.05, 0) is 30.2 Å². The molecule has 0 radical (unpaired) electrons. The first-order valence-corrected chi connectivity index (χ1v) is 7.43. The summed E-state index contributed by atoms with van der Waals surface area (Å²) in [7, 11) is 0. The highest BCUT2D eigenvalue weighted by Gasteiger charge is 2.27.